The maximum absolute atomic E-state index is 11.4. The molecule has 0 saturated carbocycles. The van der Waals surface area contributed by atoms with Crippen LogP contribution in [0.4, 0.5) is 0 Å². The summed E-state index contributed by atoms with van der Waals surface area (Å²) in [6.45, 7) is 6.36. The van der Waals surface area contributed by atoms with Gasteiger partial charge in [0.25, 0.3) is 0 Å². The summed E-state index contributed by atoms with van der Waals surface area (Å²) in [5.41, 5.74) is 0.402. The van der Waals surface area contributed by atoms with E-state index in [-0.39, 0.29) is 5.92 Å². The standard InChI is InChI=1S/C14H23N3O2/c1-14(2,13(18)19)11-5-4-7-17(9-11)10-12-6-8-16(3)15-12/h6,8,11H,4-5,7,9-10H2,1-3H3,(H,18,19). The highest BCUT2D eigenvalue weighted by molar-refractivity contribution is 5.74. The van der Waals surface area contributed by atoms with E-state index in [1.54, 1.807) is 4.68 Å². The molecule has 1 aliphatic rings. The monoisotopic (exact) mass is 265 g/mol. The molecule has 106 valence electrons. The van der Waals surface area contributed by atoms with Gasteiger partial charge in [0.15, 0.2) is 0 Å². The Hall–Kier alpha value is -1.36. The molecule has 0 amide bonds. The zero-order chi connectivity index (χ0) is 14.0. The normalized spacial score (nSPS) is 21.5. The largest absolute Gasteiger partial charge is 0.481 e. The van der Waals surface area contributed by atoms with Crippen LogP contribution in [0.5, 0.6) is 0 Å². The molecule has 2 rings (SSSR count). The first-order valence-corrected chi connectivity index (χ1v) is 6.84. The number of aliphatic carboxylic acids is 1. The van der Waals surface area contributed by atoms with Crippen molar-refractivity contribution in [1.29, 1.82) is 0 Å². The molecule has 0 radical (unpaired) electrons. The number of rotatable bonds is 4. The third kappa shape index (κ3) is 3.15. The molecule has 1 aromatic rings. The van der Waals surface area contributed by atoms with E-state index in [0.717, 1.165) is 38.2 Å². The lowest BCUT2D eigenvalue weighted by atomic mass is 9.74. The predicted octanol–water partition coefficient (Wildman–Crippen LogP) is 1.74. The Kier molecular flexibility index (Phi) is 3.94. The summed E-state index contributed by atoms with van der Waals surface area (Å²) < 4.78 is 1.80. The van der Waals surface area contributed by atoms with Crippen LogP contribution in [-0.2, 0) is 18.4 Å². The smallest absolute Gasteiger partial charge is 0.309 e. The van der Waals surface area contributed by atoms with Crippen LogP contribution in [0.1, 0.15) is 32.4 Å². The van der Waals surface area contributed by atoms with Gasteiger partial charge in [-0.15, -0.1) is 0 Å². The Morgan fingerprint density at radius 3 is 2.89 bits per heavy atom. The summed E-state index contributed by atoms with van der Waals surface area (Å²) in [5.74, 6) is -0.486. The number of hydrogen-bond acceptors (Lipinski definition) is 3. The number of aromatic nitrogens is 2. The molecule has 1 fully saturated rings. The van der Waals surface area contributed by atoms with Crippen molar-refractivity contribution in [2.45, 2.75) is 33.2 Å². The molecule has 0 bridgehead atoms. The van der Waals surface area contributed by atoms with Crippen molar-refractivity contribution in [2.24, 2.45) is 18.4 Å². The maximum atomic E-state index is 11.4. The minimum atomic E-state index is -0.697. The van der Waals surface area contributed by atoms with Crippen molar-refractivity contribution in [2.75, 3.05) is 13.1 Å². The van der Waals surface area contributed by atoms with Crippen LogP contribution in [-0.4, -0.2) is 38.8 Å². The van der Waals surface area contributed by atoms with Crippen LogP contribution in [0.2, 0.25) is 0 Å². The number of carbonyl (C=O) groups is 1. The molecule has 5 heteroatoms. The number of aryl methyl sites for hydroxylation is 1. The molecule has 0 spiro atoms. The van der Waals surface area contributed by atoms with Crippen molar-refractivity contribution < 1.29 is 9.90 Å². The second-order valence-electron chi connectivity index (χ2n) is 6.08. The molecule has 1 aliphatic heterocycles. The molecule has 1 saturated heterocycles. The zero-order valence-corrected chi connectivity index (χ0v) is 12.0. The van der Waals surface area contributed by atoms with Crippen molar-refractivity contribution in [3.63, 3.8) is 0 Å². The molecule has 0 aromatic carbocycles. The number of nitrogens with zero attached hydrogens (tertiary/aromatic N) is 3. The highest BCUT2D eigenvalue weighted by Crippen LogP contribution is 2.34. The first kappa shape index (κ1) is 14.1. The quantitative estimate of drug-likeness (QED) is 0.901. The molecular formula is C14H23N3O2. The highest BCUT2D eigenvalue weighted by atomic mass is 16.4. The minimum absolute atomic E-state index is 0.211. The number of hydrogen-bond donors (Lipinski definition) is 1. The van der Waals surface area contributed by atoms with E-state index in [4.69, 9.17) is 0 Å². The van der Waals surface area contributed by atoms with Gasteiger partial charge in [0.1, 0.15) is 0 Å². The molecular weight excluding hydrogens is 242 g/mol. The molecule has 19 heavy (non-hydrogen) atoms. The molecule has 1 atom stereocenters. The van der Waals surface area contributed by atoms with Crippen molar-refractivity contribution in [3.05, 3.63) is 18.0 Å². The second kappa shape index (κ2) is 5.33. The Labute approximate surface area is 114 Å². The number of piperidine rings is 1. The highest BCUT2D eigenvalue weighted by Gasteiger charge is 2.39. The molecule has 0 aliphatic carbocycles. The molecule has 2 heterocycles. The van der Waals surface area contributed by atoms with Gasteiger partial charge >= 0.3 is 5.97 Å². The number of carboxylic acid groups (broad SMARTS) is 1. The topological polar surface area (TPSA) is 58.4 Å². The van der Waals surface area contributed by atoms with Crippen molar-refractivity contribution in [1.82, 2.24) is 14.7 Å². The van der Waals surface area contributed by atoms with Gasteiger partial charge in [-0.2, -0.15) is 5.10 Å². The fraction of sp³-hybridized carbons (Fsp3) is 0.714. The van der Waals surface area contributed by atoms with Crippen LogP contribution in [0.3, 0.4) is 0 Å². The summed E-state index contributed by atoms with van der Waals surface area (Å²) >= 11 is 0. The SMILES string of the molecule is Cn1ccc(CN2CCCC(C(C)(C)C(=O)O)C2)n1. The first-order valence-electron chi connectivity index (χ1n) is 6.84. The van der Waals surface area contributed by atoms with Gasteiger partial charge in [0.05, 0.1) is 11.1 Å². The van der Waals surface area contributed by atoms with Crippen LogP contribution in [0, 0.1) is 11.3 Å². The van der Waals surface area contributed by atoms with E-state index in [1.165, 1.54) is 0 Å². The second-order valence-corrected chi connectivity index (χ2v) is 6.08. The third-order valence-electron chi connectivity index (χ3n) is 4.23. The molecule has 5 nitrogen and oxygen atoms in total. The average molecular weight is 265 g/mol. The van der Waals surface area contributed by atoms with Crippen LogP contribution >= 0.6 is 0 Å². The van der Waals surface area contributed by atoms with Crippen molar-refractivity contribution in [3.8, 4) is 0 Å². The Bertz CT molecular complexity index is 453. The van der Waals surface area contributed by atoms with Crippen molar-refractivity contribution >= 4 is 5.97 Å². The number of carboxylic acids is 1. The Morgan fingerprint density at radius 2 is 2.32 bits per heavy atom. The number of likely N-dealkylation sites (tertiary alicyclic amines) is 1. The summed E-state index contributed by atoms with van der Waals surface area (Å²) in [7, 11) is 1.91. The van der Waals surface area contributed by atoms with Gasteiger partial charge in [0, 0.05) is 26.3 Å². The van der Waals surface area contributed by atoms with E-state index in [0.29, 0.717) is 0 Å². The fourth-order valence-electron chi connectivity index (χ4n) is 2.74. The summed E-state index contributed by atoms with van der Waals surface area (Å²) in [6, 6.07) is 2.02. The van der Waals surface area contributed by atoms with Gasteiger partial charge in [-0.3, -0.25) is 14.4 Å². The maximum Gasteiger partial charge on any atom is 0.309 e. The van der Waals surface area contributed by atoms with E-state index in [9.17, 15) is 9.90 Å². The minimum Gasteiger partial charge on any atom is -0.481 e. The zero-order valence-electron chi connectivity index (χ0n) is 12.0. The predicted molar refractivity (Wildman–Crippen MR) is 72.6 cm³/mol. The van der Waals surface area contributed by atoms with Gasteiger partial charge in [-0.05, 0) is 45.2 Å². The average Bonchev–Trinajstić information content (AvgIpc) is 2.75. The summed E-state index contributed by atoms with van der Waals surface area (Å²) in [6.07, 6.45) is 4.00. The lowest BCUT2D eigenvalue weighted by molar-refractivity contribution is -0.151. The van der Waals surface area contributed by atoms with E-state index >= 15 is 0 Å². The third-order valence-corrected chi connectivity index (χ3v) is 4.23. The van der Waals surface area contributed by atoms with Gasteiger partial charge < -0.3 is 5.11 Å². The molecule has 1 aromatic heterocycles. The first-order chi connectivity index (χ1) is 8.89. The van der Waals surface area contributed by atoms with Gasteiger partial charge in [-0.25, -0.2) is 0 Å². The summed E-state index contributed by atoms with van der Waals surface area (Å²) in [5, 5.41) is 13.7. The van der Waals surface area contributed by atoms with Gasteiger partial charge in [-0.1, -0.05) is 0 Å². The van der Waals surface area contributed by atoms with E-state index in [1.807, 2.05) is 33.2 Å². The Balaban J connectivity index is 1.99. The summed E-state index contributed by atoms with van der Waals surface area (Å²) in [4.78, 5) is 13.7. The Morgan fingerprint density at radius 1 is 1.58 bits per heavy atom. The fourth-order valence-corrected chi connectivity index (χ4v) is 2.74. The lowest BCUT2D eigenvalue weighted by Crippen LogP contribution is -2.44. The lowest BCUT2D eigenvalue weighted by Gasteiger charge is -2.39. The van der Waals surface area contributed by atoms with Crippen LogP contribution < -0.4 is 0 Å². The van der Waals surface area contributed by atoms with E-state index in [2.05, 4.69) is 10.00 Å². The van der Waals surface area contributed by atoms with E-state index < -0.39 is 11.4 Å². The molecule has 1 N–H and O–H groups in total. The van der Waals surface area contributed by atoms with Crippen LogP contribution in [0.15, 0.2) is 12.3 Å². The van der Waals surface area contributed by atoms with Crippen LogP contribution in [0.25, 0.3) is 0 Å². The molecule has 1 unspecified atom stereocenters. The van der Waals surface area contributed by atoms with Gasteiger partial charge in [0.2, 0.25) is 0 Å².